The summed E-state index contributed by atoms with van der Waals surface area (Å²) in [7, 11) is 1.67. The molecule has 0 amide bonds. The van der Waals surface area contributed by atoms with Gasteiger partial charge in [0.15, 0.2) is 5.82 Å². The van der Waals surface area contributed by atoms with E-state index >= 15 is 0 Å². The van der Waals surface area contributed by atoms with Crippen LogP contribution in [0.15, 0.2) is 6.07 Å². The second kappa shape index (κ2) is 6.19. The van der Waals surface area contributed by atoms with Crippen LogP contribution in [0.5, 0.6) is 0 Å². The third-order valence-corrected chi connectivity index (χ3v) is 3.47. The first-order valence-electron chi connectivity index (χ1n) is 7.01. The molecule has 1 saturated heterocycles. The highest BCUT2D eigenvalue weighted by atomic mass is 16.5. The molecule has 2 heterocycles. The van der Waals surface area contributed by atoms with Crippen LogP contribution in [-0.2, 0) is 11.3 Å². The Kier molecular flexibility index (Phi) is 4.58. The quantitative estimate of drug-likeness (QED) is 0.884. The molecule has 0 saturated carbocycles. The van der Waals surface area contributed by atoms with Crippen LogP contribution < -0.4 is 10.2 Å². The Hall–Kier alpha value is -1.36. The molecule has 0 aliphatic carbocycles. The highest BCUT2D eigenvalue weighted by molar-refractivity contribution is 5.50. The van der Waals surface area contributed by atoms with Crippen LogP contribution in [-0.4, -0.2) is 36.2 Å². The summed E-state index contributed by atoms with van der Waals surface area (Å²) >= 11 is 0. The SMILES string of the molecule is CCNc1cc(N2CC(C)CC2C)nc(COC)n1. The first-order valence-corrected chi connectivity index (χ1v) is 7.01. The number of methoxy groups -OCH3 is 1. The topological polar surface area (TPSA) is 50.3 Å². The van der Waals surface area contributed by atoms with Crippen LogP contribution in [0.4, 0.5) is 11.6 Å². The summed E-state index contributed by atoms with van der Waals surface area (Å²) < 4.78 is 5.16. The van der Waals surface area contributed by atoms with Gasteiger partial charge in [0, 0.05) is 32.3 Å². The summed E-state index contributed by atoms with van der Waals surface area (Å²) in [6.07, 6.45) is 1.22. The molecule has 0 bridgehead atoms. The van der Waals surface area contributed by atoms with Gasteiger partial charge in [0.1, 0.15) is 18.2 Å². The number of ether oxygens (including phenoxy) is 1. The van der Waals surface area contributed by atoms with E-state index in [9.17, 15) is 0 Å². The van der Waals surface area contributed by atoms with Gasteiger partial charge in [-0.25, -0.2) is 9.97 Å². The van der Waals surface area contributed by atoms with Gasteiger partial charge in [-0.15, -0.1) is 0 Å². The van der Waals surface area contributed by atoms with Crippen molar-refractivity contribution in [2.45, 2.75) is 39.8 Å². The molecular weight excluding hydrogens is 240 g/mol. The summed E-state index contributed by atoms with van der Waals surface area (Å²) in [6.45, 7) is 8.99. The first-order chi connectivity index (χ1) is 9.13. The van der Waals surface area contributed by atoms with E-state index in [0.717, 1.165) is 36.5 Å². The second-order valence-electron chi connectivity index (χ2n) is 5.33. The van der Waals surface area contributed by atoms with Crippen molar-refractivity contribution in [3.8, 4) is 0 Å². The average molecular weight is 264 g/mol. The standard InChI is InChI=1S/C14H24N4O/c1-5-15-12-7-14(17-13(16-12)9-19-4)18-8-10(2)6-11(18)3/h7,10-11H,5-6,8-9H2,1-4H3,(H,15,16,17). The lowest BCUT2D eigenvalue weighted by molar-refractivity contribution is 0.178. The molecule has 0 radical (unpaired) electrons. The molecule has 1 fully saturated rings. The van der Waals surface area contributed by atoms with Crippen LogP contribution in [0.25, 0.3) is 0 Å². The molecule has 1 aliphatic heterocycles. The summed E-state index contributed by atoms with van der Waals surface area (Å²) in [5.74, 6) is 3.35. The summed E-state index contributed by atoms with van der Waals surface area (Å²) in [5.41, 5.74) is 0. The van der Waals surface area contributed by atoms with Crippen molar-refractivity contribution in [2.75, 3.05) is 30.4 Å². The Morgan fingerprint density at radius 3 is 2.79 bits per heavy atom. The van der Waals surface area contributed by atoms with Gasteiger partial charge in [-0.3, -0.25) is 0 Å². The number of nitrogens with one attached hydrogen (secondary N) is 1. The fraction of sp³-hybridized carbons (Fsp3) is 0.714. The van der Waals surface area contributed by atoms with Crippen LogP contribution >= 0.6 is 0 Å². The van der Waals surface area contributed by atoms with Crippen molar-refractivity contribution >= 4 is 11.6 Å². The van der Waals surface area contributed by atoms with Crippen LogP contribution in [0.1, 0.15) is 33.0 Å². The molecule has 0 aromatic carbocycles. The minimum Gasteiger partial charge on any atom is -0.377 e. The largest absolute Gasteiger partial charge is 0.377 e. The van der Waals surface area contributed by atoms with Gasteiger partial charge in [-0.1, -0.05) is 6.92 Å². The molecule has 19 heavy (non-hydrogen) atoms. The Bertz CT molecular complexity index is 400. The first kappa shape index (κ1) is 14.1. The Morgan fingerprint density at radius 1 is 1.42 bits per heavy atom. The van der Waals surface area contributed by atoms with Gasteiger partial charge in [-0.2, -0.15) is 0 Å². The number of anilines is 2. The third kappa shape index (κ3) is 3.35. The van der Waals surface area contributed by atoms with Crippen LogP contribution in [0.2, 0.25) is 0 Å². The van der Waals surface area contributed by atoms with Crippen molar-refractivity contribution in [1.29, 1.82) is 0 Å². The second-order valence-corrected chi connectivity index (χ2v) is 5.33. The molecule has 5 heteroatoms. The molecule has 1 aromatic heterocycles. The van der Waals surface area contributed by atoms with E-state index in [-0.39, 0.29) is 0 Å². The predicted molar refractivity (Wildman–Crippen MR) is 77.5 cm³/mol. The minimum absolute atomic E-state index is 0.448. The number of hydrogen-bond donors (Lipinski definition) is 1. The van der Waals surface area contributed by atoms with E-state index in [1.54, 1.807) is 7.11 Å². The minimum atomic E-state index is 0.448. The molecule has 5 nitrogen and oxygen atoms in total. The lowest BCUT2D eigenvalue weighted by Crippen LogP contribution is -2.28. The third-order valence-electron chi connectivity index (χ3n) is 3.47. The number of rotatable bonds is 5. The van der Waals surface area contributed by atoms with Gasteiger partial charge in [-0.05, 0) is 26.2 Å². The van der Waals surface area contributed by atoms with Gasteiger partial charge in [0.2, 0.25) is 0 Å². The molecule has 2 rings (SSSR count). The maximum atomic E-state index is 5.16. The normalized spacial score (nSPS) is 22.8. The van der Waals surface area contributed by atoms with E-state index in [1.807, 2.05) is 6.07 Å². The van der Waals surface area contributed by atoms with Crippen LogP contribution in [0, 0.1) is 5.92 Å². The van der Waals surface area contributed by atoms with Crippen molar-refractivity contribution in [1.82, 2.24) is 9.97 Å². The predicted octanol–water partition coefficient (Wildman–Crippen LogP) is 2.29. The van der Waals surface area contributed by atoms with Crippen molar-refractivity contribution < 1.29 is 4.74 Å². The molecular formula is C14H24N4O. The molecule has 1 aromatic rings. The van der Waals surface area contributed by atoms with Gasteiger partial charge in [0.25, 0.3) is 0 Å². The van der Waals surface area contributed by atoms with E-state index in [0.29, 0.717) is 12.6 Å². The van der Waals surface area contributed by atoms with Crippen molar-refractivity contribution in [3.63, 3.8) is 0 Å². The van der Waals surface area contributed by atoms with Crippen molar-refractivity contribution in [3.05, 3.63) is 11.9 Å². The highest BCUT2D eigenvalue weighted by Gasteiger charge is 2.27. The van der Waals surface area contributed by atoms with Crippen molar-refractivity contribution in [2.24, 2.45) is 5.92 Å². The Balaban J connectivity index is 2.27. The molecule has 106 valence electrons. The molecule has 2 unspecified atom stereocenters. The molecule has 2 atom stereocenters. The molecule has 1 aliphatic rings. The van der Waals surface area contributed by atoms with E-state index in [1.165, 1.54) is 6.42 Å². The molecule has 1 N–H and O–H groups in total. The monoisotopic (exact) mass is 264 g/mol. The van der Waals surface area contributed by atoms with E-state index in [2.05, 4.69) is 41.0 Å². The van der Waals surface area contributed by atoms with Gasteiger partial charge < -0.3 is 15.0 Å². The highest BCUT2D eigenvalue weighted by Crippen LogP contribution is 2.28. The summed E-state index contributed by atoms with van der Waals surface area (Å²) in [6, 6.07) is 2.58. The zero-order valence-electron chi connectivity index (χ0n) is 12.3. The maximum Gasteiger partial charge on any atom is 0.158 e. The lowest BCUT2D eigenvalue weighted by atomic mass is 10.1. The number of nitrogens with zero attached hydrogens (tertiary/aromatic N) is 3. The molecule has 0 spiro atoms. The zero-order valence-corrected chi connectivity index (χ0v) is 12.3. The fourth-order valence-electron chi connectivity index (χ4n) is 2.71. The summed E-state index contributed by atoms with van der Waals surface area (Å²) in [5, 5.41) is 3.26. The smallest absolute Gasteiger partial charge is 0.158 e. The lowest BCUT2D eigenvalue weighted by Gasteiger charge is -2.23. The van der Waals surface area contributed by atoms with Gasteiger partial charge >= 0.3 is 0 Å². The Labute approximate surface area is 115 Å². The number of aromatic nitrogens is 2. The average Bonchev–Trinajstić information content (AvgIpc) is 2.69. The van der Waals surface area contributed by atoms with E-state index in [4.69, 9.17) is 4.74 Å². The maximum absolute atomic E-state index is 5.16. The number of hydrogen-bond acceptors (Lipinski definition) is 5. The van der Waals surface area contributed by atoms with E-state index < -0.39 is 0 Å². The fourth-order valence-corrected chi connectivity index (χ4v) is 2.71. The van der Waals surface area contributed by atoms with Crippen LogP contribution in [0.3, 0.4) is 0 Å². The summed E-state index contributed by atoms with van der Waals surface area (Å²) in [4.78, 5) is 11.4. The van der Waals surface area contributed by atoms with Gasteiger partial charge in [0.05, 0.1) is 0 Å². The Morgan fingerprint density at radius 2 is 2.21 bits per heavy atom. The zero-order chi connectivity index (χ0) is 13.8.